The summed E-state index contributed by atoms with van der Waals surface area (Å²) in [5.74, 6) is 0. The number of furan rings is 2. The normalized spacial score (nSPS) is 19.7. The molecule has 8 aromatic carbocycles. The van der Waals surface area contributed by atoms with Crippen LogP contribution in [0.1, 0.15) is 39.8 Å². The molecule has 244 valence electrons. The second kappa shape index (κ2) is 11.5. The Morgan fingerprint density at radius 2 is 1.08 bits per heavy atom. The van der Waals surface area contributed by atoms with Crippen LogP contribution >= 0.6 is 11.3 Å². The average Bonchev–Trinajstić information content (AvgIpc) is 3.17. The van der Waals surface area contributed by atoms with E-state index in [0.717, 1.165) is 0 Å². The molecule has 0 atom stereocenters. The van der Waals surface area contributed by atoms with E-state index in [4.69, 9.17) is 30.8 Å². The summed E-state index contributed by atoms with van der Waals surface area (Å²) in [6.07, 6.45) is 0. The number of rotatable bonds is 5. The number of benzene rings is 8. The smallest absolute Gasteiger partial charge is 0.144 e. The molecule has 3 heterocycles. The molecule has 3 nitrogen and oxygen atoms in total. The minimum Gasteiger partial charge on any atom is -0.456 e. The van der Waals surface area contributed by atoms with Crippen LogP contribution in [0, 0.1) is 0 Å². The van der Waals surface area contributed by atoms with Crippen molar-refractivity contribution in [2.45, 2.75) is 0 Å². The molecule has 52 heavy (non-hydrogen) atoms. The van der Waals surface area contributed by atoms with E-state index in [-0.39, 0.29) is 10.1 Å². The summed E-state index contributed by atoms with van der Waals surface area (Å²) in [4.78, 5) is 0.618. The molecular formula is C48H29NO2S. The van der Waals surface area contributed by atoms with Crippen LogP contribution in [-0.2, 0) is 0 Å². The van der Waals surface area contributed by atoms with Gasteiger partial charge in [-0.15, -0.1) is 11.3 Å². The van der Waals surface area contributed by atoms with Crippen LogP contribution in [0.5, 0.6) is 0 Å². The van der Waals surface area contributed by atoms with Gasteiger partial charge in [0.25, 0.3) is 0 Å². The molecule has 0 amide bonds. The molecule has 0 aliphatic heterocycles. The maximum Gasteiger partial charge on any atom is 0.144 e. The minimum absolute atomic E-state index is 0.266. The van der Waals surface area contributed by atoms with E-state index in [9.17, 15) is 17.8 Å². The number of fused-ring (bicyclic) bond motifs is 9. The number of para-hydroxylation sites is 1. The van der Waals surface area contributed by atoms with Gasteiger partial charge in [0.2, 0.25) is 0 Å². The van der Waals surface area contributed by atoms with Gasteiger partial charge in [-0.2, -0.15) is 0 Å². The topological polar surface area (TPSA) is 29.5 Å². The Hall–Kier alpha value is -6.62. The molecule has 0 bridgehead atoms. The maximum absolute atomic E-state index is 9.96. The molecule has 0 radical (unpaired) electrons. The highest BCUT2D eigenvalue weighted by Crippen LogP contribution is 2.51. The van der Waals surface area contributed by atoms with Gasteiger partial charge in [-0.3, -0.25) is 0 Å². The summed E-state index contributed by atoms with van der Waals surface area (Å²) in [5.41, 5.74) is -8.54. The molecule has 0 spiro atoms. The highest BCUT2D eigenvalue weighted by atomic mass is 32.1. The van der Waals surface area contributed by atoms with Gasteiger partial charge in [0.05, 0.1) is 61.2 Å². The lowest BCUT2D eigenvalue weighted by molar-refractivity contribution is 0.664. The summed E-state index contributed by atoms with van der Waals surface area (Å²) in [6.45, 7) is 0. The third-order valence-corrected chi connectivity index (χ3v) is 9.36. The quantitative estimate of drug-likeness (QED) is 0.178. The van der Waals surface area contributed by atoms with Gasteiger partial charge >= 0.3 is 0 Å². The summed E-state index contributed by atoms with van der Waals surface area (Å²) in [6, 6.07) is -26.9. The van der Waals surface area contributed by atoms with Gasteiger partial charge in [0, 0.05) is 42.9 Å². The lowest BCUT2D eigenvalue weighted by atomic mass is 9.96. The lowest BCUT2D eigenvalue weighted by Gasteiger charge is -2.27. The van der Waals surface area contributed by atoms with Gasteiger partial charge in [0.15, 0.2) is 0 Å². The Morgan fingerprint density at radius 3 is 1.90 bits per heavy atom. The van der Waals surface area contributed by atoms with Gasteiger partial charge in [-0.05, 0) is 65.0 Å². The first kappa shape index (κ1) is 12.6. The molecule has 0 saturated carbocycles. The van der Waals surface area contributed by atoms with Crippen LogP contribution in [0.2, 0.25) is 0 Å². The van der Waals surface area contributed by atoms with E-state index >= 15 is 0 Å². The van der Waals surface area contributed by atoms with Crippen LogP contribution in [0.25, 0.3) is 86.3 Å². The molecule has 11 rings (SSSR count). The molecule has 0 unspecified atom stereocenters. The largest absolute Gasteiger partial charge is 0.456 e. The Balaban J connectivity index is 1.45. The molecule has 3 aromatic heterocycles. The average molecular weight is 713 g/mol. The zero-order chi connectivity index (χ0) is 59.4. The highest BCUT2D eigenvalue weighted by Gasteiger charge is 2.26. The second-order valence-corrected chi connectivity index (χ2v) is 12.1. The first-order valence-electron chi connectivity index (χ1n) is 29.6. The Morgan fingerprint density at radius 1 is 0.442 bits per heavy atom. The molecule has 0 aliphatic rings. The van der Waals surface area contributed by atoms with Crippen LogP contribution < -0.4 is 4.90 Å². The van der Waals surface area contributed by atoms with Crippen LogP contribution in [0.15, 0.2) is 184 Å². The fraction of sp³-hybridized carbons (Fsp3) is 0. The molecule has 0 N–H and O–H groups in total. The summed E-state index contributed by atoms with van der Waals surface area (Å²) < 4.78 is 273. The Labute approximate surface area is 343 Å². The number of hydrogen-bond acceptors (Lipinski definition) is 4. The minimum atomic E-state index is -1.19. The first-order chi connectivity index (χ1) is 37.9. The van der Waals surface area contributed by atoms with Crippen molar-refractivity contribution in [1.82, 2.24) is 0 Å². The number of anilines is 3. The lowest BCUT2D eigenvalue weighted by Crippen LogP contribution is -2.10. The number of thiophene rings is 1. The van der Waals surface area contributed by atoms with Crippen LogP contribution in [0.3, 0.4) is 0 Å². The third-order valence-electron chi connectivity index (χ3n) is 8.25. The van der Waals surface area contributed by atoms with Gasteiger partial charge in [-0.25, -0.2) is 0 Å². The molecule has 11 aromatic rings. The molecule has 0 fully saturated rings. The van der Waals surface area contributed by atoms with Crippen molar-refractivity contribution in [2.75, 3.05) is 4.90 Å². The zero-order valence-electron chi connectivity index (χ0n) is 54.7. The maximum atomic E-state index is 9.96. The van der Waals surface area contributed by atoms with Crippen LogP contribution in [-0.4, -0.2) is 0 Å². The zero-order valence-corrected chi connectivity index (χ0v) is 26.5. The van der Waals surface area contributed by atoms with E-state index in [1.807, 2.05) is 0 Å². The number of nitrogens with zero attached hydrogens (tertiary/aromatic N) is 1. The molecule has 4 heteroatoms. The SMILES string of the molecule is [2H]c1c([2H])c([2H])c(-c2c([2H])c([2H])c(N(c3c([2H])c([2H])c([2H])c4c3sc3c([2H])c([2H])c([2H])c([2H])c34)c3c([2H])c([2H])c([2H])c4oc5c(-c6c([2H])c([2H])c([2H])c([2H])c6[2H])c6c(oc7c([2H])c([2H])c([2H])c([2H])c76)c([2H])c5c34)c([2H])c2[2H])c([2H])c1[2H]. The standard InChI is InChI=1S/C48H29NO2S/c1-3-13-30(14-4-1)31-25-27-33(28-26-31)49(39-21-11-19-35-34-17-8-10-24-43(34)52-48(35)39)38-20-12-23-41-45(38)37-29-42-46(36-18-7-9-22-40(36)50-42)44(47(37)51-41)32-15-5-2-6-16-32/h1-29H/i1D,2D,3D,4D,5D,6D,7D,8D,9D,10D,11D,12D,13D,14D,15D,16D,17D,18D,19D,20D,21D,22D,23D,24D,25D,26D,27D,28D,29D. The van der Waals surface area contributed by atoms with Crippen molar-refractivity contribution in [3.63, 3.8) is 0 Å². The fourth-order valence-electron chi connectivity index (χ4n) is 6.13. The first-order valence-corrected chi connectivity index (χ1v) is 16.0. The summed E-state index contributed by atoms with van der Waals surface area (Å²) >= 11 is 0.498. The van der Waals surface area contributed by atoms with Crippen molar-refractivity contribution in [2.24, 2.45) is 0 Å². The predicted octanol–water partition coefficient (Wildman–Crippen LogP) is 14.7. The van der Waals surface area contributed by atoms with E-state index in [2.05, 4.69) is 0 Å². The highest BCUT2D eigenvalue weighted by molar-refractivity contribution is 7.26. The Bertz CT molecular complexity index is 4740. The molecule has 0 saturated heterocycles. The molecular weight excluding hydrogens is 655 g/mol. The van der Waals surface area contributed by atoms with Gasteiger partial charge in [0.1, 0.15) is 22.3 Å². The predicted molar refractivity (Wildman–Crippen MR) is 219 cm³/mol. The number of hydrogen-bond donors (Lipinski definition) is 0. The van der Waals surface area contributed by atoms with E-state index in [1.54, 1.807) is 0 Å². The summed E-state index contributed by atoms with van der Waals surface area (Å²) in [5, 5.41) is -3.13. The van der Waals surface area contributed by atoms with E-state index in [1.165, 1.54) is 0 Å². The molecule has 0 aliphatic carbocycles. The van der Waals surface area contributed by atoms with Crippen molar-refractivity contribution in [3.05, 3.63) is 175 Å². The van der Waals surface area contributed by atoms with Crippen LogP contribution in [0.4, 0.5) is 17.1 Å². The van der Waals surface area contributed by atoms with Crippen molar-refractivity contribution < 1.29 is 48.6 Å². The van der Waals surface area contributed by atoms with Crippen molar-refractivity contribution in [3.8, 4) is 22.3 Å². The van der Waals surface area contributed by atoms with Crippen molar-refractivity contribution >= 4 is 92.4 Å². The summed E-state index contributed by atoms with van der Waals surface area (Å²) in [7, 11) is 0. The monoisotopic (exact) mass is 712 g/mol. The van der Waals surface area contributed by atoms with Gasteiger partial charge < -0.3 is 13.7 Å². The van der Waals surface area contributed by atoms with Crippen molar-refractivity contribution in [1.29, 1.82) is 0 Å². The second-order valence-electron chi connectivity index (χ2n) is 11.0. The fourth-order valence-corrected chi connectivity index (χ4v) is 7.19. The van der Waals surface area contributed by atoms with Gasteiger partial charge in [-0.1, -0.05) is 127 Å². The van der Waals surface area contributed by atoms with E-state index in [0.29, 0.717) is 16.2 Å². The third kappa shape index (κ3) is 4.38. The van der Waals surface area contributed by atoms with E-state index < -0.39 is 269 Å². The Kier molecular flexibility index (Phi) is 2.77.